The second kappa shape index (κ2) is 12.2. The lowest BCUT2D eigenvalue weighted by Crippen LogP contribution is -2.41. The quantitative estimate of drug-likeness (QED) is 0.392. The molecule has 2 aliphatic rings. The third kappa shape index (κ3) is 6.10. The molecule has 216 valence electrons. The number of aliphatic hydroxyl groups is 2. The molecule has 2 N–H and O–H groups in total. The summed E-state index contributed by atoms with van der Waals surface area (Å²) in [4.78, 5) is 34.9. The van der Waals surface area contributed by atoms with Gasteiger partial charge in [-0.2, -0.15) is 0 Å². The van der Waals surface area contributed by atoms with E-state index in [-0.39, 0.29) is 31.1 Å². The van der Waals surface area contributed by atoms with Crippen LogP contribution in [0.15, 0.2) is 60.7 Å². The molecule has 0 spiro atoms. The highest BCUT2D eigenvalue weighted by atomic mass is 32.1. The summed E-state index contributed by atoms with van der Waals surface area (Å²) in [5.41, 5.74) is 1.48. The van der Waals surface area contributed by atoms with Gasteiger partial charge in [0.2, 0.25) is 5.91 Å². The molecule has 0 saturated carbocycles. The predicted molar refractivity (Wildman–Crippen MR) is 155 cm³/mol. The molecule has 10 heteroatoms. The molecule has 1 unspecified atom stereocenters. The Morgan fingerprint density at radius 1 is 1.10 bits per heavy atom. The Balaban J connectivity index is 1.43. The van der Waals surface area contributed by atoms with Crippen LogP contribution in [0.5, 0.6) is 0 Å². The van der Waals surface area contributed by atoms with Crippen molar-refractivity contribution in [1.82, 2.24) is 9.88 Å². The molecule has 1 fully saturated rings. The topological polar surface area (TPSA) is 94.0 Å². The number of benzene rings is 2. The summed E-state index contributed by atoms with van der Waals surface area (Å²) in [6.45, 7) is 2.08. The van der Waals surface area contributed by atoms with E-state index in [1.165, 1.54) is 27.2 Å². The first kappa shape index (κ1) is 29.0. The summed E-state index contributed by atoms with van der Waals surface area (Å²) in [6, 6.07) is 16.0. The van der Waals surface area contributed by atoms with Crippen molar-refractivity contribution in [2.24, 2.45) is 5.92 Å². The van der Waals surface area contributed by atoms with Crippen LogP contribution in [0.1, 0.15) is 46.6 Å². The number of aliphatic hydroxyl groups excluding tert-OH is 2. The smallest absolute Gasteiger partial charge is 0.275 e. The molecule has 2 amide bonds. The fourth-order valence-corrected chi connectivity index (χ4v) is 6.57. The molecule has 41 heavy (non-hydrogen) atoms. The van der Waals surface area contributed by atoms with Gasteiger partial charge < -0.3 is 20.0 Å². The van der Waals surface area contributed by atoms with E-state index in [0.717, 1.165) is 11.6 Å². The highest BCUT2D eigenvalue weighted by Crippen LogP contribution is 2.44. The first-order valence-electron chi connectivity index (χ1n) is 13.8. The summed E-state index contributed by atoms with van der Waals surface area (Å²) in [5.74, 6) is -4.30. The second-order valence-corrected chi connectivity index (χ2v) is 11.5. The van der Waals surface area contributed by atoms with E-state index >= 15 is 8.78 Å². The van der Waals surface area contributed by atoms with Crippen LogP contribution in [0.3, 0.4) is 0 Å². The van der Waals surface area contributed by atoms with Gasteiger partial charge in [0.15, 0.2) is 0 Å². The number of halogens is 2. The Labute approximate surface area is 241 Å². The summed E-state index contributed by atoms with van der Waals surface area (Å²) in [5, 5.41) is 20.0. The monoisotopic (exact) mass is 581 g/mol. The van der Waals surface area contributed by atoms with Gasteiger partial charge in [0.05, 0.1) is 17.5 Å². The molecule has 3 aromatic rings. The van der Waals surface area contributed by atoms with Crippen LogP contribution in [0.25, 0.3) is 16.1 Å². The van der Waals surface area contributed by atoms with E-state index in [0.29, 0.717) is 47.2 Å². The van der Waals surface area contributed by atoms with E-state index in [1.54, 1.807) is 25.1 Å². The maximum atomic E-state index is 15.7. The van der Waals surface area contributed by atoms with Crippen LogP contribution in [0.4, 0.5) is 14.5 Å². The number of fused-ring (bicyclic) bond motifs is 1. The van der Waals surface area contributed by atoms with Crippen LogP contribution in [0, 0.1) is 12.8 Å². The summed E-state index contributed by atoms with van der Waals surface area (Å²) >= 11 is 1.23. The largest absolute Gasteiger partial charge is 0.396 e. The van der Waals surface area contributed by atoms with E-state index < -0.39 is 35.8 Å². The van der Waals surface area contributed by atoms with Gasteiger partial charge in [-0.1, -0.05) is 48.5 Å². The van der Waals surface area contributed by atoms with Crippen molar-refractivity contribution in [1.29, 1.82) is 0 Å². The number of thiazole rings is 1. The van der Waals surface area contributed by atoms with Crippen molar-refractivity contribution >= 4 is 34.4 Å². The van der Waals surface area contributed by atoms with Gasteiger partial charge in [0, 0.05) is 55.4 Å². The minimum Gasteiger partial charge on any atom is -0.396 e. The Hall–Kier alpha value is -3.47. The average molecular weight is 582 g/mol. The predicted octanol–water partition coefficient (Wildman–Crippen LogP) is 5.17. The lowest BCUT2D eigenvalue weighted by molar-refractivity contribution is -0.128. The number of amides is 2. The van der Waals surface area contributed by atoms with Gasteiger partial charge in [0.25, 0.3) is 11.8 Å². The number of nitrogens with zero attached hydrogens (tertiary/aromatic N) is 3. The number of likely N-dealkylation sites (tertiary alicyclic amines) is 1. The number of allylic oxidation sites excluding steroid dienone is 1. The highest BCUT2D eigenvalue weighted by Gasteiger charge is 2.42. The molecule has 1 saturated heterocycles. The van der Waals surface area contributed by atoms with E-state index in [2.05, 4.69) is 4.98 Å². The Morgan fingerprint density at radius 2 is 1.78 bits per heavy atom. The van der Waals surface area contributed by atoms with E-state index in [4.69, 9.17) is 5.11 Å². The van der Waals surface area contributed by atoms with Gasteiger partial charge in [-0.05, 0) is 38.2 Å². The number of hydrogen-bond donors (Lipinski definition) is 2. The van der Waals surface area contributed by atoms with Crippen molar-refractivity contribution in [3.8, 4) is 10.6 Å². The second-order valence-electron chi connectivity index (χ2n) is 10.5. The Bertz CT molecular complexity index is 1430. The zero-order valence-electron chi connectivity index (χ0n) is 22.8. The molecule has 7 nitrogen and oxygen atoms in total. The summed E-state index contributed by atoms with van der Waals surface area (Å²) < 4.78 is 31.4. The summed E-state index contributed by atoms with van der Waals surface area (Å²) in [7, 11) is 0. The zero-order chi connectivity index (χ0) is 29.1. The van der Waals surface area contributed by atoms with Crippen LogP contribution in [-0.4, -0.2) is 70.2 Å². The van der Waals surface area contributed by atoms with E-state index in [1.807, 2.05) is 30.3 Å². The lowest BCUT2D eigenvalue weighted by Gasteiger charge is -2.34. The van der Waals surface area contributed by atoms with Crippen LogP contribution >= 0.6 is 11.3 Å². The molecule has 3 heterocycles. The number of piperidine rings is 1. The minimum absolute atomic E-state index is 0.0453. The zero-order valence-corrected chi connectivity index (χ0v) is 23.6. The third-order valence-electron chi connectivity index (χ3n) is 7.87. The molecule has 0 aliphatic carbocycles. The molecule has 1 atom stereocenters. The molecule has 2 aromatic carbocycles. The fourth-order valence-electron chi connectivity index (χ4n) is 5.54. The van der Waals surface area contributed by atoms with Gasteiger partial charge in [-0.25, -0.2) is 13.8 Å². The van der Waals surface area contributed by atoms with Crippen molar-refractivity contribution in [3.05, 3.63) is 76.8 Å². The molecule has 2 aliphatic heterocycles. The van der Waals surface area contributed by atoms with Crippen LogP contribution in [0.2, 0.25) is 0 Å². The minimum atomic E-state index is -3.34. The number of carbonyl (C=O) groups is 2. The summed E-state index contributed by atoms with van der Waals surface area (Å²) in [6.07, 6.45) is 1.07. The molecule has 0 bridgehead atoms. The van der Waals surface area contributed by atoms with Crippen LogP contribution in [-0.2, 0) is 4.79 Å². The number of rotatable bonds is 6. The first-order chi connectivity index (χ1) is 19.7. The highest BCUT2D eigenvalue weighted by molar-refractivity contribution is 7.17. The van der Waals surface area contributed by atoms with E-state index in [9.17, 15) is 14.7 Å². The van der Waals surface area contributed by atoms with Crippen molar-refractivity contribution in [3.63, 3.8) is 0 Å². The fraction of sp³-hybridized carbons (Fsp3) is 0.387. The van der Waals surface area contributed by atoms with Crippen molar-refractivity contribution in [2.75, 3.05) is 31.1 Å². The molecule has 5 rings (SSSR count). The van der Waals surface area contributed by atoms with Gasteiger partial charge in [0.1, 0.15) is 9.88 Å². The molecular formula is C31H33F2N3O4S. The molecule has 1 aromatic heterocycles. The number of aromatic nitrogens is 1. The maximum Gasteiger partial charge on any atom is 0.275 e. The average Bonchev–Trinajstić information content (AvgIpc) is 3.33. The van der Waals surface area contributed by atoms with Gasteiger partial charge >= 0.3 is 0 Å². The first-order valence-corrected chi connectivity index (χ1v) is 14.6. The van der Waals surface area contributed by atoms with Gasteiger partial charge in [-0.3, -0.25) is 9.59 Å². The number of aryl methyl sites for hydroxylation is 1. The SMILES string of the molecule is Cc1nc(-c2ccccc2)sc1C(=O)N1CCC(F)(F)C(=CC(=O)N2CCC(C(O)CCO)CC2)c2ccccc21. The van der Waals surface area contributed by atoms with Crippen molar-refractivity contribution < 1.29 is 28.6 Å². The molecular weight excluding hydrogens is 548 g/mol. The number of alkyl halides is 2. The standard InChI is InChI=1S/C31H33F2N3O4S/c1-20-28(41-29(34-20)22-7-3-2-4-8-22)30(40)36-17-14-31(32,33)24(23-9-5-6-10-25(23)36)19-27(39)35-15-11-21(12-16-35)26(38)13-18-37/h2-10,19,21,26,37-38H,11-18H2,1H3. The number of para-hydroxylation sites is 1. The van der Waals surface area contributed by atoms with Crippen LogP contribution < -0.4 is 4.90 Å². The Morgan fingerprint density at radius 3 is 2.49 bits per heavy atom. The number of anilines is 1. The lowest BCUT2D eigenvalue weighted by atomic mass is 9.89. The van der Waals surface area contributed by atoms with Crippen molar-refractivity contribution in [2.45, 2.75) is 44.6 Å². The number of carbonyl (C=O) groups excluding carboxylic acids is 2. The Kier molecular flexibility index (Phi) is 8.63. The van der Waals surface area contributed by atoms with Gasteiger partial charge in [-0.15, -0.1) is 11.3 Å². The normalized spacial score (nSPS) is 19.1. The molecule has 0 radical (unpaired) electrons. The third-order valence-corrected chi connectivity index (χ3v) is 9.07. The number of hydrogen-bond acceptors (Lipinski definition) is 6. The maximum absolute atomic E-state index is 15.7.